The molecule has 0 spiro atoms. The SMILES string of the molecule is Cc1ccc2c(c1)N(C(=O)c1ccc(Br)cc1)C(C)(C)C[C@@]2(C)c1ccccc1. The Bertz CT molecular complexity index is 1060. The highest BCUT2D eigenvalue weighted by atomic mass is 79.9. The third-order valence-corrected chi connectivity index (χ3v) is 6.61. The molecular formula is C26H26BrNO. The quantitative estimate of drug-likeness (QED) is 0.418. The van der Waals surface area contributed by atoms with Crippen LogP contribution in [-0.2, 0) is 5.41 Å². The summed E-state index contributed by atoms with van der Waals surface area (Å²) in [5.74, 6) is 0.0458. The number of rotatable bonds is 2. The molecule has 2 nitrogen and oxygen atoms in total. The second kappa shape index (κ2) is 7.14. The second-order valence-electron chi connectivity index (χ2n) is 8.86. The van der Waals surface area contributed by atoms with E-state index in [1.165, 1.54) is 11.1 Å². The molecule has 0 fully saturated rings. The fourth-order valence-electron chi connectivity index (χ4n) is 4.83. The summed E-state index contributed by atoms with van der Waals surface area (Å²) in [5.41, 5.74) is 4.87. The van der Waals surface area contributed by atoms with Gasteiger partial charge in [0, 0.05) is 26.7 Å². The molecule has 0 radical (unpaired) electrons. The van der Waals surface area contributed by atoms with E-state index in [1.54, 1.807) is 0 Å². The number of anilines is 1. The Hall–Kier alpha value is -2.39. The van der Waals surface area contributed by atoms with Crippen molar-refractivity contribution in [1.82, 2.24) is 0 Å². The molecule has 1 aliphatic rings. The molecular weight excluding hydrogens is 422 g/mol. The first-order valence-electron chi connectivity index (χ1n) is 9.99. The largest absolute Gasteiger partial charge is 0.302 e. The summed E-state index contributed by atoms with van der Waals surface area (Å²) >= 11 is 3.46. The molecule has 0 N–H and O–H groups in total. The molecule has 3 aromatic carbocycles. The number of amides is 1. The first-order valence-corrected chi connectivity index (χ1v) is 10.8. The van der Waals surface area contributed by atoms with E-state index in [2.05, 4.69) is 92.2 Å². The lowest BCUT2D eigenvalue weighted by atomic mass is 9.65. The fourth-order valence-corrected chi connectivity index (χ4v) is 5.09. The van der Waals surface area contributed by atoms with E-state index >= 15 is 0 Å². The van der Waals surface area contributed by atoms with E-state index in [9.17, 15) is 4.79 Å². The zero-order chi connectivity index (χ0) is 20.8. The first-order chi connectivity index (χ1) is 13.7. The van der Waals surface area contributed by atoms with Crippen LogP contribution in [0.25, 0.3) is 0 Å². The first kappa shape index (κ1) is 19.9. The van der Waals surface area contributed by atoms with Crippen LogP contribution in [0.1, 0.15) is 54.2 Å². The Balaban J connectivity index is 1.91. The number of hydrogen-bond acceptors (Lipinski definition) is 1. The van der Waals surface area contributed by atoms with Crippen molar-refractivity contribution in [3.63, 3.8) is 0 Å². The van der Waals surface area contributed by atoms with Crippen LogP contribution >= 0.6 is 15.9 Å². The Kier molecular flexibility index (Phi) is 4.90. The number of carbonyl (C=O) groups excluding carboxylic acids is 1. The minimum Gasteiger partial charge on any atom is -0.302 e. The number of benzene rings is 3. The molecule has 4 rings (SSSR count). The summed E-state index contributed by atoms with van der Waals surface area (Å²) in [4.78, 5) is 15.7. The molecule has 0 aliphatic carbocycles. The summed E-state index contributed by atoms with van der Waals surface area (Å²) in [6, 6.07) is 24.8. The maximum absolute atomic E-state index is 13.7. The molecule has 0 saturated heterocycles. The Morgan fingerprint density at radius 2 is 1.59 bits per heavy atom. The van der Waals surface area contributed by atoms with Crippen LogP contribution in [0.3, 0.4) is 0 Å². The predicted molar refractivity (Wildman–Crippen MR) is 124 cm³/mol. The van der Waals surface area contributed by atoms with Gasteiger partial charge in [-0.2, -0.15) is 0 Å². The van der Waals surface area contributed by atoms with Crippen LogP contribution in [-0.4, -0.2) is 11.4 Å². The van der Waals surface area contributed by atoms with Crippen molar-refractivity contribution in [2.24, 2.45) is 0 Å². The lowest BCUT2D eigenvalue weighted by molar-refractivity contribution is 0.0948. The average Bonchev–Trinajstić information content (AvgIpc) is 2.68. The maximum Gasteiger partial charge on any atom is 0.258 e. The summed E-state index contributed by atoms with van der Waals surface area (Å²) < 4.78 is 0.972. The van der Waals surface area contributed by atoms with Gasteiger partial charge in [0.05, 0.1) is 0 Å². The summed E-state index contributed by atoms with van der Waals surface area (Å²) in [6.07, 6.45) is 0.850. The summed E-state index contributed by atoms with van der Waals surface area (Å²) in [7, 11) is 0. The van der Waals surface area contributed by atoms with Crippen molar-refractivity contribution >= 4 is 27.5 Å². The van der Waals surface area contributed by atoms with Crippen molar-refractivity contribution in [2.75, 3.05) is 4.90 Å². The summed E-state index contributed by atoms with van der Waals surface area (Å²) in [5, 5.41) is 0. The van der Waals surface area contributed by atoms with Crippen LogP contribution in [0, 0.1) is 6.92 Å². The van der Waals surface area contributed by atoms with E-state index in [0.717, 1.165) is 22.1 Å². The van der Waals surface area contributed by atoms with Gasteiger partial charge < -0.3 is 4.90 Å². The molecule has 0 unspecified atom stereocenters. The molecule has 3 aromatic rings. The monoisotopic (exact) mass is 447 g/mol. The molecule has 3 heteroatoms. The molecule has 148 valence electrons. The number of hydrogen-bond donors (Lipinski definition) is 0. The number of nitrogens with zero attached hydrogens (tertiary/aromatic N) is 1. The van der Waals surface area contributed by atoms with E-state index < -0.39 is 0 Å². The molecule has 0 bridgehead atoms. The van der Waals surface area contributed by atoms with Crippen molar-refractivity contribution < 1.29 is 4.79 Å². The zero-order valence-corrected chi connectivity index (χ0v) is 19.0. The highest BCUT2D eigenvalue weighted by molar-refractivity contribution is 9.10. The van der Waals surface area contributed by atoms with Gasteiger partial charge in [-0.1, -0.05) is 65.3 Å². The fraction of sp³-hybridized carbons (Fsp3) is 0.269. The Morgan fingerprint density at radius 3 is 2.24 bits per heavy atom. The van der Waals surface area contributed by atoms with Gasteiger partial charge >= 0.3 is 0 Å². The van der Waals surface area contributed by atoms with E-state index in [4.69, 9.17) is 0 Å². The van der Waals surface area contributed by atoms with Gasteiger partial charge in [0.25, 0.3) is 5.91 Å². The smallest absolute Gasteiger partial charge is 0.258 e. The van der Waals surface area contributed by atoms with E-state index in [1.807, 2.05) is 29.2 Å². The van der Waals surface area contributed by atoms with Gasteiger partial charge in [0.1, 0.15) is 0 Å². The Labute approximate surface area is 181 Å². The lowest BCUT2D eigenvalue weighted by Gasteiger charge is -2.51. The lowest BCUT2D eigenvalue weighted by Crippen LogP contribution is -2.55. The number of aryl methyl sites for hydroxylation is 1. The van der Waals surface area contributed by atoms with Gasteiger partial charge in [0.2, 0.25) is 0 Å². The van der Waals surface area contributed by atoms with Gasteiger partial charge in [-0.05, 0) is 74.2 Å². The highest BCUT2D eigenvalue weighted by Crippen LogP contribution is 2.51. The highest BCUT2D eigenvalue weighted by Gasteiger charge is 2.47. The van der Waals surface area contributed by atoms with Crippen molar-refractivity contribution in [1.29, 1.82) is 0 Å². The minimum absolute atomic E-state index is 0.0458. The molecule has 1 aliphatic heterocycles. The molecule has 29 heavy (non-hydrogen) atoms. The number of halogens is 1. The van der Waals surface area contributed by atoms with Crippen LogP contribution < -0.4 is 4.90 Å². The Morgan fingerprint density at radius 1 is 0.931 bits per heavy atom. The molecule has 1 heterocycles. The van der Waals surface area contributed by atoms with E-state index in [-0.39, 0.29) is 16.9 Å². The van der Waals surface area contributed by atoms with E-state index in [0.29, 0.717) is 5.56 Å². The normalized spacial score (nSPS) is 20.2. The second-order valence-corrected chi connectivity index (χ2v) is 9.77. The van der Waals surface area contributed by atoms with Gasteiger partial charge in [-0.25, -0.2) is 0 Å². The average molecular weight is 448 g/mol. The van der Waals surface area contributed by atoms with Crippen LogP contribution in [0.2, 0.25) is 0 Å². The van der Waals surface area contributed by atoms with Crippen molar-refractivity contribution in [3.8, 4) is 0 Å². The molecule has 0 saturated carbocycles. The topological polar surface area (TPSA) is 20.3 Å². The molecule has 1 atom stereocenters. The van der Waals surface area contributed by atoms with Crippen LogP contribution in [0.5, 0.6) is 0 Å². The molecule has 0 aromatic heterocycles. The number of carbonyl (C=O) groups is 1. The van der Waals surface area contributed by atoms with Crippen LogP contribution in [0.4, 0.5) is 5.69 Å². The predicted octanol–water partition coefficient (Wildman–Crippen LogP) is 6.89. The standard InChI is InChI=1S/C26H26BrNO/c1-18-10-15-22-23(16-18)28(24(29)19-11-13-21(27)14-12-19)25(2,3)17-26(22,4)20-8-6-5-7-9-20/h5-16H,17H2,1-4H3/t26-/m0/s1. The van der Waals surface area contributed by atoms with Gasteiger partial charge in [0.15, 0.2) is 0 Å². The van der Waals surface area contributed by atoms with Crippen molar-refractivity contribution in [2.45, 2.75) is 45.1 Å². The third kappa shape index (κ3) is 3.42. The van der Waals surface area contributed by atoms with Crippen LogP contribution in [0.15, 0.2) is 77.3 Å². The summed E-state index contributed by atoms with van der Waals surface area (Å²) in [6.45, 7) is 8.75. The zero-order valence-electron chi connectivity index (χ0n) is 17.4. The minimum atomic E-state index is -0.338. The number of fused-ring (bicyclic) bond motifs is 1. The van der Waals surface area contributed by atoms with Gasteiger partial charge in [-0.15, -0.1) is 0 Å². The third-order valence-electron chi connectivity index (χ3n) is 6.09. The van der Waals surface area contributed by atoms with Gasteiger partial charge in [-0.3, -0.25) is 4.79 Å². The molecule has 1 amide bonds. The van der Waals surface area contributed by atoms with Crippen molar-refractivity contribution in [3.05, 3.63) is 99.5 Å². The maximum atomic E-state index is 13.7.